The first kappa shape index (κ1) is 16.2. The summed E-state index contributed by atoms with van der Waals surface area (Å²) >= 11 is 6.28. The first-order valence-electron chi connectivity index (χ1n) is 8.00. The molecule has 7 heteroatoms. The number of hydrogen-bond donors (Lipinski definition) is 1. The fourth-order valence-corrected chi connectivity index (χ4v) is 3.17. The maximum atomic E-state index is 11.8. The highest BCUT2D eigenvalue weighted by molar-refractivity contribution is 6.32. The van der Waals surface area contributed by atoms with Gasteiger partial charge in [-0.3, -0.25) is 4.90 Å². The average Bonchev–Trinajstić information content (AvgIpc) is 2.56. The van der Waals surface area contributed by atoms with E-state index in [2.05, 4.69) is 10.2 Å². The van der Waals surface area contributed by atoms with Crippen molar-refractivity contribution in [3.8, 4) is 11.5 Å². The van der Waals surface area contributed by atoms with E-state index in [0.29, 0.717) is 30.5 Å². The predicted molar refractivity (Wildman–Crippen MR) is 88.4 cm³/mol. The van der Waals surface area contributed by atoms with Crippen LogP contribution >= 0.6 is 11.6 Å². The monoisotopic (exact) mass is 339 g/mol. The third-order valence-electron chi connectivity index (χ3n) is 4.05. The number of amides is 2. The molecule has 2 amide bonds. The molecule has 0 aromatic heterocycles. The zero-order valence-corrected chi connectivity index (χ0v) is 14.1. The molecule has 1 aromatic rings. The van der Waals surface area contributed by atoms with Crippen LogP contribution < -0.4 is 14.8 Å². The summed E-state index contributed by atoms with van der Waals surface area (Å²) in [7, 11) is 0. The van der Waals surface area contributed by atoms with Crippen LogP contribution in [0.3, 0.4) is 0 Å². The Bertz CT molecular complexity index is 574. The number of carbonyl (C=O) groups excluding carboxylic acids is 1. The van der Waals surface area contributed by atoms with Crippen molar-refractivity contribution in [1.29, 1.82) is 0 Å². The highest BCUT2D eigenvalue weighted by Crippen LogP contribution is 2.38. The third kappa shape index (κ3) is 3.82. The fraction of sp³-hybridized carbons (Fsp3) is 0.562. The molecule has 0 atom stereocenters. The van der Waals surface area contributed by atoms with Crippen molar-refractivity contribution < 1.29 is 14.3 Å². The maximum absolute atomic E-state index is 11.8. The molecule has 0 unspecified atom stereocenters. The van der Waals surface area contributed by atoms with Crippen molar-refractivity contribution in [2.45, 2.75) is 13.5 Å². The van der Waals surface area contributed by atoms with Gasteiger partial charge in [0.1, 0.15) is 13.2 Å². The molecule has 0 bridgehead atoms. The largest absolute Gasteiger partial charge is 0.486 e. The molecule has 23 heavy (non-hydrogen) atoms. The van der Waals surface area contributed by atoms with E-state index in [9.17, 15) is 4.79 Å². The van der Waals surface area contributed by atoms with Crippen LogP contribution in [0, 0.1) is 0 Å². The van der Waals surface area contributed by atoms with Crippen molar-refractivity contribution in [3.63, 3.8) is 0 Å². The summed E-state index contributed by atoms with van der Waals surface area (Å²) < 4.78 is 11.2. The van der Waals surface area contributed by atoms with Gasteiger partial charge < -0.3 is 19.7 Å². The first-order valence-corrected chi connectivity index (χ1v) is 8.38. The molecule has 1 aromatic carbocycles. The van der Waals surface area contributed by atoms with Crippen molar-refractivity contribution in [2.75, 3.05) is 45.9 Å². The number of halogens is 1. The molecule has 6 nitrogen and oxygen atoms in total. The Morgan fingerprint density at radius 3 is 2.70 bits per heavy atom. The Morgan fingerprint density at radius 2 is 1.96 bits per heavy atom. The Kier molecular flexibility index (Phi) is 5.13. The van der Waals surface area contributed by atoms with Crippen molar-refractivity contribution in [3.05, 3.63) is 22.7 Å². The molecule has 0 radical (unpaired) electrons. The Labute approximate surface area is 141 Å². The smallest absolute Gasteiger partial charge is 0.317 e. The molecule has 1 fully saturated rings. The summed E-state index contributed by atoms with van der Waals surface area (Å²) in [4.78, 5) is 16.0. The van der Waals surface area contributed by atoms with E-state index in [1.165, 1.54) is 0 Å². The number of urea groups is 1. The Hall–Kier alpha value is -1.66. The van der Waals surface area contributed by atoms with Gasteiger partial charge >= 0.3 is 6.03 Å². The molecule has 0 aliphatic carbocycles. The van der Waals surface area contributed by atoms with Gasteiger partial charge in [-0.05, 0) is 24.6 Å². The van der Waals surface area contributed by atoms with Crippen LogP contribution in [0.15, 0.2) is 12.1 Å². The minimum absolute atomic E-state index is 0.0227. The van der Waals surface area contributed by atoms with E-state index in [-0.39, 0.29) is 6.03 Å². The molecule has 2 heterocycles. The van der Waals surface area contributed by atoms with Crippen molar-refractivity contribution >= 4 is 17.6 Å². The van der Waals surface area contributed by atoms with Crippen LogP contribution in [0.4, 0.5) is 4.79 Å². The van der Waals surface area contributed by atoms with Gasteiger partial charge in [0, 0.05) is 39.3 Å². The predicted octanol–water partition coefficient (Wildman–Crippen LogP) is 1.96. The minimum Gasteiger partial charge on any atom is -0.486 e. The van der Waals surface area contributed by atoms with Gasteiger partial charge in [0.25, 0.3) is 0 Å². The number of carbonyl (C=O) groups is 1. The normalized spacial score (nSPS) is 17.9. The number of rotatable bonds is 3. The topological polar surface area (TPSA) is 54.0 Å². The lowest BCUT2D eigenvalue weighted by atomic mass is 10.1. The van der Waals surface area contributed by atoms with Crippen LogP contribution in [-0.2, 0) is 6.54 Å². The number of piperazine rings is 1. The van der Waals surface area contributed by atoms with Crippen LogP contribution in [-0.4, -0.2) is 61.8 Å². The van der Waals surface area contributed by atoms with Crippen LogP contribution in [0.2, 0.25) is 5.02 Å². The summed E-state index contributed by atoms with van der Waals surface area (Å²) in [5.41, 5.74) is 1.10. The van der Waals surface area contributed by atoms with E-state index in [0.717, 1.165) is 44.0 Å². The molecular formula is C16H22ClN3O3. The van der Waals surface area contributed by atoms with Gasteiger partial charge in [-0.15, -0.1) is 0 Å². The summed E-state index contributed by atoms with van der Waals surface area (Å²) in [6.45, 7) is 7.65. The zero-order valence-electron chi connectivity index (χ0n) is 13.3. The maximum Gasteiger partial charge on any atom is 0.317 e. The molecule has 3 rings (SSSR count). The number of hydrogen-bond acceptors (Lipinski definition) is 4. The number of fused-ring (bicyclic) bond motifs is 1. The van der Waals surface area contributed by atoms with Crippen molar-refractivity contribution in [2.24, 2.45) is 0 Å². The van der Waals surface area contributed by atoms with E-state index < -0.39 is 0 Å². The van der Waals surface area contributed by atoms with E-state index in [1.54, 1.807) is 0 Å². The van der Waals surface area contributed by atoms with Gasteiger partial charge in [-0.25, -0.2) is 4.79 Å². The fourth-order valence-electron chi connectivity index (χ4n) is 2.89. The number of benzene rings is 1. The van der Waals surface area contributed by atoms with E-state index >= 15 is 0 Å². The molecule has 2 aliphatic heterocycles. The molecular weight excluding hydrogens is 318 g/mol. The molecule has 126 valence electrons. The van der Waals surface area contributed by atoms with E-state index in [4.69, 9.17) is 21.1 Å². The first-order chi connectivity index (χ1) is 11.2. The Morgan fingerprint density at radius 1 is 1.22 bits per heavy atom. The molecule has 0 spiro atoms. The molecule has 1 N–H and O–H groups in total. The molecule has 1 saturated heterocycles. The lowest BCUT2D eigenvalue weighted by Crippen LogP contribution is -2.51. The minimum atomic E-state index is 0.0227. The van der Waals surface area contributed by atoms with Crippen molar-refractivity contribution in [1.82, 2.24) is 15.1 Å². The number of nitrogens with one attached hydrogen (secondary N) is 1. The standard InChI is InChI=1S/C16H22ClN3O3/c1-2-18-16(21)20-5-3-19(4-6-20)11-12-9-13(17)15-14(10-12)22-7-8-23-15/h9-10H,2-8,11H2,1H3,(H,18,21). The number of nitrogens with zero attached hydrogens (tertiary/aromatic N) is 2. The lowest BCUT2D eigenvalue weighted by molar-refractivity contribution is 0.135. The van der Waals surface area contributed by atoms with Gasteiger partial charge in [-0.2, -0.15) is 0 Å². The van der Waals surface area contributed by atoms with E-state index in [1.807, 2.05) is 24.0 Å². The van der Waals surface area contributed by atoms with Gasteiger partial charge in [0.05, 0.1) is 5.02 Å². The highest BCUT2D eigenvalue weighted by Gasteiger charge is 2.22. The summed E-state index contributed by atoms with van der Waals surface area (Å²) in [6, 6.07) is 3.96. The third-order valence-corrected chi connectivity index (χ3v) is 4.33. The number of ether oxygens (including phenoxy) is 2. The van der Waals surface area contributed by atoms with Crippen LogP contribution in [0.1, 0.15) is 12.5 Å². The average molecular weight is 340 g/mol. The zero-order chi connectivity index (χ0) is 16.2. The van der Waals surface area contributed by atoms with Crippen LogP contribution in [0.25, 0.3) is 0 Å². The second-order valence-electron chi connectivity index (χ2n) is 5.70. The summed E-state index contributed by atoms with van der Waals surface area (Å²) in [6.07, 6.45) is 0. The SMILES string of the molecule is CCNC(=O)N1CCN(Cc2cc(Cl)c3c(c2)OCCO3)CC1. The summed E-state index contributed by atoms with van der Waals surface area (Å²) in [5, 5.41) is 3.44. The quantitative estimate of drug-likeness (QED) is 0.914. The second-order valence-corrected chi connectivity index (χ2v) is 6.11. The highest BCUT2D eigenvalue weighted by atomic mass is 35.5. The second kappa shape index (κ2) is 7.27. The molecule has 0 saturated carbocycles. The summed E-state index contributed by atoms with van der Waals surface area (Å²) in [5.74, 6) is 1.36. The van der Waals surface area contributed by atoms with Gasteiger partial charge in [0.15, 0.2) is 11.5 Å². The lowest BCUT2D eigenvalue weighted by Gasteiger charge is -2.34. The van der Waals surface area contributed by atoms with Crippen LogP contribution in [0.5, 0.6) is 11.5 Å². The van der Waals surface area contributed by atoms with Gasteiger partial charge in [-0.1, -0.05) is 11.6 Å². The Balaban J connectivity index is 1.59. The van der Waals surface area contributed by atoms with Gasteiger partial charge in [0.2, 0.25) is 0 Å². The molecule has 2 aliphatic rings.